The normalized spacial score (nSPS) is 27.6. The van der Waals surface area contributed by atoms with Gasteiger partial charge in [0.1, 0.15) is 0 Å². The smallest absolute Gasteiger partial charge is 0.0434 e. The second-order valence-electron chi connectivity index (χ2n) is 4.72. The van der Waals surface area contributed by atoms with Crippen LogP contribution < -0.4 is 0 Å². The highest BCUT2D eigenvalue weighted by molar-refractivity contribution is 5.15. The molecule has 0 spiro atoms. The molecule has 0 N–H and O–H groups in total. The number of nitrogens with zero attached hydrogens (tertiary/aromatic N) is 1. The number of rotatable bonds is 1. The molecule has 1 heteroatoms. The fourth-order valence-corrected chi connectivity index (χ4v) is 2.28. The lowest BCUT2D eigenvalue weighted by Crippen LogP contribution is -2.11. The number of aryl methyl sites for hydroxylation is 1. The third-order valence-corrected chi connectivity index (χ3v) is 3.37. The maximum absolute atomic E-state index is 4.53. The first-order valence-corrected chi connectivity index (χ1v) is 5.68. The van der Waals surface area contributed by atoms with E-state index in [-0.39, 0.29) is 0 Å². The molecule has 0 atom stereocenters. The van der Waals surface area contributed by atoms with Gasteiger partial charge in [-0.15, -0.1) is 0 Å². The summed E-state index contributed by atoms with van der Waals surface area (Å²) in [7, 11) is 0. The van der Waals surface area contributed by atoms with E-state index in [0.717, 1.165) is 11.8 Å². The predicted octanol–water partition coefficient (Wildman–Crippen LogP) is 3.68. The molecular formula is C13H19N. The molecule has 0 bridgehead atoms. The monoisotopic (exact) mass is 189 g/mol. The summed E-state index contributed by atoms with van der Waals surface area (Å²) in [5, 5.41) is 0. The molecule has 1 heterocycles. The van der Waals surface area contributed by atoms with E-state index in [1.807, 2.05) is 6.20 Å². The van der Waals surface area contributed by atoms with Gasteiger partial charge in [0.2, 0.25) is 0 Å². The van der Waals surface area contributed by atoms with Gasteiger partial charge in [0.15, 0.2) is 0 Å². The number of hydrogen-bond donors (Lipinski definition) is 0. The zero-order valence-corrected chi connectivity index (χ0v) is 9.16. The van der Waals surface area contributed by atoms with Crippen LogP contribution in [0.5, 0.6) is 0 Å². The van der Waals surface area contributed by atoms with E-state index in [9.17, 15) is 0 Å². The third-order valence-electron chi connectivity index (χ3n) is 3.37. The summed E-state index contributed by atoms with van der Waals surface area (Å²) in [5.74, 6) is 1.66. The van der Waals surface area contributed by atoms with Crippen molar-refractivity contribution in [1.29, 1.82) is 0 Å². The molecule has 2 rings (SSSR count). The number of pyridine rings is 1. The van der Waals surface area contributed by atoms with Crippen LogP contribution in [0, 0.1) is 12.8 Å². The Morgan fingerprint density at radius 3 is 2.43 bits per heavy atom. The molecule has 1 aromatic rings. The Labute approximate surface area is 86.6 Å². The van der Waals surface area contributed by atoms with Crippen LogP contribution in [0.25, 0.3) is 0 Å². The molecule has 1 nitrogen and oxygen atoms in total. The summed E-state index contributed by atoms with van der Waals surface area (Å²) >= 11 is 0. The van der Waals surface area contributed by atoms with Gasteiger partial charge in [0, 0.05) is 17.8 Å². The fraction of sp³-hybridized carbons (Fsp3) is 0.615. The van der Waals surface area contributed by atoms with E-state index in [4.69, 9.17) is 0 Å². The Hall–Kier alpha value is -0.850. The molecule has 1 aliphatic carbocycles. The van der Waals surface area contributed by atoms with Crippen LogP contribution in [0.1, 0.15) is 49.8 Å². The second-order valence-corrected chi connectivity index (χ2v) is 4.72. The molecule has 0 saturated heterocycles. The molecule has 0 unspecified atom stereocenters. The van der Waals surface area contributed by atoms with Gasteiger partial charge in [-0.3, -0.25) is 4.98 Å². The molecule has 0 radical (unpaired) electrons. The highest BCUT2D eigenvalue weighted by atomic mass is 14.7. The van der Waals surface area contributed by atoms with Crippen LogP contribution in [0.3, 0.4) is 0 Å². The van der Waals surface area contributed by atoms with Gasteiger partial charge in [-0.1, -0.05) is 25.8 Å². The minimum Gasteiger partial charge on any atom is -0.261 e. The van der Waals surface area contributed by atoms with Crippen LogP contribution in [-0.4, -0.2) is 4.98 Å². The lowest BCUT2D eigenvalue weighted by molar-refractivity contribution is 0.344. The van der Waals surface area contributed by atoms with Crippen LogP contribution in [0.2, 0.25) is 0 Å². The minimum absolute atomic E-state index is 0.729. The van der Waals surface area contributed by atoms with E-state index in [1.54, 1.807) is 0 Å². The zero-order chi connectivity index (χ0) is 9.97. The standard InChI is InChI=1S/C13H19N/c1-10-3-6-12(7-4-10)13-8-5-11(2)9-14-13/h5,8-10,12H,3-4,6-7H2,1-2H3/t10-,12-. The third kappa shape index (κ3) is 2.14. The van der Waals surface area contributed by atoms with Gasteiger partial charge in [0.05, 0.1) is 0 Å². The Kier molecular flexibility index (Phi) is 2.85. The Balaban J connectivity index is 2.05. The van der Waals surface area contributed by atoms with Crippen molar-refractivity contribution in [3.05, 3.63) is 29.6 Å². The number of hydrogen-bond acceptors (Lipinski definition) is 1. The van der Waals surface area contributed by atoms with E-state index in [2.05, 4.69) is 31.0 Å². The maximum Gasteiger partial charge on any atom is 0.0434 e. The molecular weight excluding hydrogens is 170 g/mol. The lowest BCUT2D eigenvalue weighted by Gasteiger charge is -2.25. The Morgan fingerprint density at radius 2 is 1.86 bits per heavy atom. The van der Waals surface area contributed by atoms with Gasteiger partial charge in [-0.2, -0.15) is 0 Å². The van der Waals surface area contributed by atoms with Gasteiger partial charge in [-0.25, -0.2) is 0 Å². The van der Waals surface area contributed by atoms with Crippen molar-refractivity contribution in [2.24, 2.45) is 5.92 Å². The van der Waals surface area contributed by atoms with E-state index in [1.165, 1.54) is 36.9 Å². The predicted molar refractivity (Wildman–Crippen MR) is 59.3 cm³/mol. The molecule has 1 aliphatic rings. The van der Waals surface area contributed by atoms with Gasteiger partial charge in [-0.05, 0) is 37.3 Å². The molecule has 0 amide bonds. The number of aromatic nitrogens is 1. The van der Waals surface area contributed by atoms with E-state index in [0.29, 0.717) is 0 Å². The van der Waals surface area contributed by atoms with Crippen molar-refractivity contribution in [2.45, 2.75) is 45.4 Å². The van der Waals surface area contributed by atoms with Crippen LogP contribution in [0.4, 0.5) is 0 Å². The Bertz CT molecular complexity index is 281. The highest BCUT2D eigenvalue weighted by Gasteiger charge is 2.20. The zero-order valence-electron chi connectivity index (χ0n) is 9.16. The van der Waals surface area contributed by atoms with Gasteiger partial charge >= 0.3 is 0 Å². The minimum atomic E-state index is 0.729. The molecule has 0 aromatic carbocycles. The van der Waals surface area contributed by atoms with Crippen molar-refractivity contribution < 1.29 is 0 Å². The SMILES string of the molecule is Cc1ccc([C@H]2CC[C@H](C)CC2)nc1. The van der Waals surface area contributed by atoms with Crippen molar-refractivity contribution >= 4 is 0 Å². The largest absolute Gasteiger partial charge is 0.261 e. The van der Waals surface area contributed by atoms with Crippen LogP contribution in [-0.2, 0) is 0 Å². The average molecular weight is 189 g/mol. The molecule has 1 aromatic heterocycles. The average Bonchev–Trinajstić information content (AvgIpc) is 2.21. The highest BCUT2D eigenvalue weighted by Crippen LogP contribution is 2.34. The molecule has 1 saturated carbocycles. The summed E-state index contributed by atoms with van der Waals surface area (Å²) < 4.78 is 0. The first kappa shape index (κ1) is 9.70. The van der Waals surface area contributed by atoms with Gasteiger partial charge in [0.25, 0.3) is 0 Å². The first-order valence-electron chi connectivity index (χ1n) is 5.68. The van der Waals surface area contributed by atoms with Crippen LogP contribution in [0.15, 0.2) is 18.3 Å². The molecule has 1 fully saturated rings. The maximum atomic E-state index is 4.53. The van der Waals surface area contributed by atoms with E-state index < -0.39 is 0 Å². The fourth-order valence-electron chi connectivity index (χ4n) is 2.28. The van der Waals surface area contributed by atoms with Crippen molar-refractivity contribution in [1.82, 2.24) is 4.98 Å². The van der Waals surface area contributed by atoms with Crippen molar-refractivity contribution in [3.8, 4) is 0 Å². The summed E-state index contributed by atoms with van der Waals surface area (Å²) in [6.45, 7) is 4.46. The van der Waals surface area contributed by atoms with Crippen molar-refractivity contribution in [3.63, 3.8) is 0 Å². The topological polar surface area (TPSA) is 12.9 Å². The summed E-state index contributed by atoms with van der Waals surface area (Å²) in [4.78, 5) is 4.53. The quantitative estimate of drug-likeness (QED) is 0.656. The summed E-state index contributed by atoms with van der Waals surface area (Å²) in [6, 6.07) is 4.39. The molecule has 0 aliphatic heterocycles. The second kappa shape index (κ2) is 4.12. The van der Waals surface area contributed by atoms with Gasteiger partial charge < -0.3 is 0 Å². The first-order chi connectivity index (χ1) is 6.75. The van der Waals surface area contributed by atoms with Crippen LogP contribution >= 0.6 is 0 Å². The van der Waals surface area contributed by atoms with E-state index >= 15 is 0 Å². The molecule has 76 valence electrons. The summed E-state index contributed by atoms with van der Waals surface area (Å²) in [5.41, 5.74) is 2.57. The summed E-state index contributed by atoms with van der Waals surface area (Å²) in [6.07, 6.45) is 7.41. The Morgan fingerprint density at radius 1 is 1.14 bits per heavy atom. The lowest BCUT2D eigenvalue weighted by atomic mass is 9.81. The van der Waals surface area contributed by atoms with Crippen molar-refractivity contribution in [2.75, 3.05) is 0 Å². The molecule has 14 heavy (non-hydrogen) atoms.